The third kappa shape index (κ3) is 3.60. The molecule has 4 rings (SSSR count). The lowest BCUT2D eigenvalue weighted by Crippen LogP contribution is -2.53. The molecule has 0 aromatic heterocycles. The molecule has 4 amide bonds. The topological polar surface area (TPSA) is 75.7 Å². The number of nitrogens with one attached hydrogen (secondary N) is 1. The number of carbonyl (C=O) groups excluding carboxylic acids is 3. The molecule has 0 unspecified atom stereocenters. The number of imide groups is 2. The molecular weight excluding hydrogens is 368 g/mol. The van der Waals surface area contributed by atoms with E-state index in [9.17, 15) is 14.4 Å². The molecule has 1 saturated heterocycles. The molecule has 0 bridgehead atoms. The van der Waals surface area contributed by atoms with Gasteiger partial charge in [0.15, 0.2) is 0 Å². The summed E-state index contributed by atoms with van der Waals surface area (Å²) in [5.74, 6) is -0.642. The minimum atomic E-state index is -0.731. The number of benzene rings is 3. The van der Waals surface area contributed by atoms with Gasteiger partial charge in [-0.3, -0.25) is 19.8 Å². The molecule has 3 aromatic carbocycles. The van der Waals surface area contributed by atoms with Crippen LogP contribution in [0, 0.1) is 0 Å². The predicted octanol–water partition coefficient (Wildman–Crippen LogP) is 3.51. The van der Waals surface area contributed by atoms with Crippen molar-refractivity contribution in [2.75, 3.05) is 7.11 Å². The fourth-order valence-corrected chi connectivity index (χ4v) is 3.28. The number of methoxy groups -OCH3 is 1. The van der Waals surface area contributed by atoms with Crippen LogP contribution in [0.3, 0.4) is 0 Å². The van der Waals surface area contributed by atoms with Crippen LogP contribution < -0.4 is 10.1 Å². The smallest absolute Gasteiger partial charge is 0.331 e. The third-order valence-corrected chi connectivity index (χ3v) is 4.81. The summed E-state index contributed by atoms with van der Waals surface area (Å²) in [5, 5.41) is 4.17. The van der Waals surface area contributed by atoms with Crippen molar-refractivity contribution in [2.24, 2.45) is 0 Å². The lowest BCUT2D eigenvalue weighted by molar-refractivity contribution is -0.130. The highest BCUT2D eigenvalue weighted by molar-refractivity contribution is 6.31. The van der Waals surface area contributed by atoms with Crippen molar-refractivity contribution >= 4 is 34.7 Å². The largest absolute Gasteiger partial charge is 0.497 e. The first kappa shape index (κ1) is 18.4. The minimum Gasteiger partial charge on any atom is -0.497 e. The first-order valence-corrected chi connectivity index (χ1v) is 9.06. The molecular formula is C23H18N2O4. The van der Waals surface area contributed by atoms with Crippen LogP contribution in [0.1, 0.15) is 11.1 Å². The molecule has 144 valence electrons. The van der Waals surface area contributed by atoms with E-state index in [2.05, 4.69) is 5.32 Å². The zero-order valence-corrected chi connectivity index (χ0v) is 15.7. The van der Waals surface area contributed by atoms with Crippen molar-refractivity contribution < 1.29 is 19.1 Å². The highest BCUT2D eigenvalue weighted by atomic mass is 16.5. The van der Waals surface area contributed by atoms with E-state index in [0.29, 0.717) is 5.75 Å². The van der Waals surface area contributed by atoms with Gasteiger partial charge in [-0.15, -0.1) is 0 Å². The second kappa shape index (κ2) is 7.59. The summed E-state index contributed by atoms with van der Waals surface area (Å²) in [4.78, 5) is 38.6. The van der Waals surface area contributed by atoms with Gasteiger partial charge in [-0.05, 0) is 40.1 Å². The summed E-state index contributed by atoms with van der Waals surface area (Å²) in [6.45, 7) is 0.0504. The molecule has 6 nitrogen and oxygen atoms in total. The fraction of sp³-hybridized carbons (Fsp3) is 0.0870. The van der Waals surface area contributed by atoms with Gasteiger partial charge in [0.25, 0.3) is 11.8 Å². The quantitative estimate of drug-likeness (QED) is 0.550. The van der Waals surface area contributed by atoms with Gasteiger partial charge in [-0.2, -0.15) is 0 Å². The van der Waals surface area contributed by atoms with Gasteiger partial charge in [0, 0.05) is 0 Å². The molecule has 0 aliphatic carbocycles. The first-order valence-electron chi connectivity index (χ1n) is 9.06. The first-order chi connectivity index (χ1) is 14.1. The summed E-state index contributed by atoms with van der Waals surface area (Å²) >= 11 is 0. The minimum absolute atomic E-state index is 0.0504. The van der Waals surface area contributed by atoms with E-state index < -0.39 is 17.8 Å². The molecule has 0 radical (unpaired) electrons. The second-order valence-corrected chi connectivity index (χ2v) is 6.63. The summed E-state index contributed by atoms with van der Waals surface area (Å²) in [5.41, 5.74) is 1.41. The molecule has 0 atom stereocenters. The van der Waals surface area contributed by atoms with Crippen LogP contribution in [0.15, 0.2) is 72.3 Å². The number of barbiturate groups is 1. The molecule has 29 heavy (non-hydrogen) atoms. The predicted molar refractivity (Wildman–Crippen MR) is 109 cm³/mol. The Labute approximate surface area is 167 Å². The number of hydrogen-bond donors (Lipinski definition) is 1. The maximum absolute atomic E-state index is 13.0. The average Bonchev–Trinajstić information content (AvgIpc) is 2.74. The fourth-order valence-electron chi connectivity index (χ4n) is 3.28. The monoisotopic (exact) mass is 386 g/mol. The summed E-state index contributed by atoms with van der Waals surface area (Å²) in [6.07, 6.45) is 1.54. The molecule has 1 aliphatic rings. The van der Waals surface area contributed by atoms with E-state index in [1.54, 1.807) is 31.4 Å². The molecule has 1 fully saturated rings. The number of amides is 4. The average molecular weight is 386 g/mol. The number of hydrogen-bond acceptors (Lipinski definition) is 4. The van der Waals surface area contributed by atoms with Crippen LogP contribution in [0.25, 0.3) is 16.8 Å². The Morgan fingerprint density at radius 3 is 2.41 bits per heavy atom. The third-order valence-electron chi connectivity index (χ3n) is 4.81. The second-order valence-electron chi connectivity index (χ2n) is 6.63. The van der Waals surface area contributed by atoms with E-state index in [1.807, 2.05) is 42.5 Å². The van der Waals surface area contributed by atoms with Gasteiger partial charge in [-0.1, -0.05) is 54.6 Å². The number of carbonyl (C=O) groups is 3. The van der Waals surface area contributed by atoms with Gasteiger partial charge in [0.1, 0.15) is 11.3 Å². The van der Waals surface area contributed by atoms with Crippen molar-refractivity contribution in [3.05, 3.63) is 83.4 Å². The summed E-state index contributed by atoms with van der Waals surface area (Å²) < 4.78 is 5.12. The summed E-state index contributed by atoms with van der Waals surface area (Å²) in [7, 11) is 1.56. The van der Waals surface area contributed by atoms with Gasteiger partial charge < -0.3 is 4.74 Å². The van der Waals surface area contributed by atoms with E-state index >= 15 is 0 Å². The maximum atomic E-state index is 13.0. The number of urea groups is 1. The van der Waals surface area contributed by atoms with Crippen LogP contribution in [0.5, 0.6) is 5.75 Å². The van der Waals surface area contributed by atoms with Crippen molar-refractivity contribution in [1.82, 2.24) is 10.2 Å². The lowest BCUT2D eigenvalue weighted by Gasteiger charge is -2.26. The number of rotatable bonds is 4. The zero-order valence-electron chi connectivity index (χ0n) is 15.7. The van der Waals surface area contributed by atoms with Crippen LogP contribution in [-0.4, -0.2) is 29.9 Å². The molecule has 1 aliphatic heterocycles. The van der Waals surface area contributed by atoms with Crippen LogP contribution in [-0.2, 0) is 16.1 Å². The molecule has 1 N–H and O–H groups in total. The Morgan fingerprint density at radius 2 is 1.66 bits per heavy atom. The summed E-state index contributed by atoms with van der Waals surface area (Å²) in [6, 6.07) is 19.7. The Kier molecular flexibility index (Phi) is 4.83. The van der Waals surface area contributed by atoms with Gasteiger partial charge >= 0.3 is 6.03 Å². The Bertz CT molecular complexity index is 1140. The lowest BCUT2D eigenvalue weighted by atomic mass is 10.0. The standard InChI is InChI=1S/C23H18N2O4/c1-29-18-11-9-15(10-12-18)14-25-22(27)20(21(26)24-23(25)28)13-17-7-4-6-16-5-2-3-8-19(16)17/h2-13H,14H2,1H3,(H,24,26,28)/b20-13-. The van der Waals surface area contributed by atoms with E-state index in [0.717, 1.165) is 26.8 Å². The van der Waals surface area contributed by atoms with Crippen LogP contribution in [0.2, 0.25) is 0 Å². The Balaban J connectivity index is 1.68. The van der Waals surface area contributed by atoms with Gasteiger partial charge in [-0.25, -0.2) is 4.79 Å². The Hall–Kier alpha value is -3.93. The normalized spacial score (nSPS) is 15.7. The number of fused-ring (bicyclic) bond motifs is 1. The number of nitrogens with zero attached hydrogens (tertiary/aromatic N) is 1. The highest BCUT2D eigenvalue weighted by Gasteiger charge is 2.35. The number of ether oxygens (including phenoxy) is 1. The molecule has 0 spiro atoms. The molecule has 1 heterocycles. The molecule has 0 saturated carbocycles. The highest BCUT2D eigenvalue weighted by Crippen LogP contribution is 2.23. The van der Waals surface area contributed by atoms with Crippen molar-refractivity contribution in [3.8, 4) is 5.75 Å². The van der Waals surface area contributed by atoms with Gasteiger partial charge in [0.05, 0.1) is 13.7 Å². The van der Waals surface area contributed by atoms with Gasteiger partial charge in [0.2, 0.25) is 0 Å². The van der Waals surface area contributed by atoms with E-state index in [1.165, 1.54) is 6.08 Å². The Morgan fingerprint density at radius 1 is 0.931 bits per heavy atom. The molecule has 6 heteroatoms. The van der Waals surface area contributed by atoms with Crippen LogP contribution >= 0.6 is 0 Å². The van der Waals surface area contributed by atoms with E-state index in [-0.39, 0.29) is 12.1 Å². The van der Waals surface area contributed by atoms with Crippen molar-refractivity contribution in [2.45, 2.75) is 6.54 Å². The van der Waals surface area contributed by atoms with Crippen molar-refractivity contribution in [3.63, 3.8) is 0 Å². The zero-order chi connectivity index (χ0) is 20.4. The SMILES string of the molecule is COc1ccc(CN2C(=O)NC(=O)/C(=C/c3cccc4ccccc34)C2=O)cc1. The maximum Gasteiger partial charge on any atom is 0.331 e. The van der Waals surface area contributed by atoms with Crippen LogP contribution in [0.4, 0.5) is 4.79 Å². The van der Waals surface area contributed by atoms with E-state index in [4.69, 9.17) is 4.74 Å². The van der Waals surface area contributed by atoms with Crippen molar-refractivity contribution in [1.29, 1.82) is 0 Å². The molecule has 3 aromatic rings.